The highest BCUT2D eigenvalue weighted by Gasteiger charge is 2.16. The number of carbonyl (C=O) groups excluding carboxylic acids is 1. The van der Waals surface area contributed by atoms with Crippen molar-refractivity contribution in [3.05, 3.63) is 22.4 Å². The molecule has 13 heavy (non-hydrogen) atoms. The lowest BCUT2D eigenvalue weighted by Crippen LogP contribution is -2.18. The summed E-state index contributed by atoms with van der Waals surface area (Å²) in [7, 11) is 0. The van der Waals surface area contributed by atoms with E-state index in [4.69, 9.17) is 0 Å². The lowest BCUT2D eigenvalue weighted by atomic mass is 9.92. The van der Waals surface area contributed by atoms with Gasteiger partial charge in [0.15, 0.2) is 0 Å². The Kier molecular flexibility index (Phi) is 3.67. The maximum Gasteiger partial charge on any atom is 0.141 e. The average molecular weight is 196 g/mol. The van der Waals surface area contributed by atoms with Crippen molar-refractivity contribution < 1.29 is 4.79 Å². The topological polar surface area (TPSA) is 17.1 Å². The van der Waals surface area contributed by atoms with E-state index < -0.39 is 0 Å². The van der Waals surface area contributed by atoms with E-state index in [0.717, 1.165) is 0 Å². The quantitative estimate of drug-likeness (QED) is 0.723. The summed E-state index contributed by atoms with van der Waals surface area (Å²) in [5, 5.41) is 2.02. The Labute approximate surface area is 83.8 Å². The van der Waals surface area contributed by atoms with Gasteiger partial charge in [-0.15, -0.1) is 11.3 Å². The van der Waals surface area contributed by atoms with Crippen molar-refractivity contribution in [3.63, 3.8) is 0 Å². The summed E-state index contributed by atoms with van der Waals surface area (Å²) >= 11 is 1.66. The summed E-state index contributed by atoms with van der Waals surface area (Å²) in [6, 6.07) is 4.02. The third-order valence-corrected chi connectivity index (χ3v) is 3.31. The first kappa shape index (κ1) is 10.5. The molecule has 0 aliphatic rings. The number of Topliss-reactive ketones (excluding diaryl/α,β-unsaturated/α-hetero) is 1. The largest absolute Gasteiger partial charge is 0.299 e. The Balaban J connectivity index is 2.51. The highest BCUT2D eigenvalue weighted by Crippen LogP contribution is 2.16. The van der Waals surface area contributed by atoms with Gasteiger partial charge in [-0.1, -0.05) is 26.8 Å². The summed E-state index contributed by atoms with van der Waals surface area (Å²) in [4.78, 5) is 12.8. The van der Waals surface area contributed by atoms with Crippen LogP contribution in [0.25, 0.3) is 0 Å². The van der Waals surface area contributed by atoms with Gasteiger partial charge in [0, 0.05) is 17.2 Å². The number of ketones is 1. The van der Waals surface area contributed by atoms with Crippen molar-refractivity contribution in [1.29, 1.82) is 0 Å². The first-order valence-corrected chi connectivity index (χ1v) is 5.54. The van der Waals surface area contributed by atoms with Crippen LogP contribution in [-0.2, 0) is 11.2 Å². The first-order chi connectivity index (χ1) is 6.11. The summed E-state index contributed by atoms with van der Waals surface area (Å²) in [5.74, 6) is 0.993. The van der Waals surface area contributed by atoms with Crippen LogP contribution >= 0.6 is 11.3 Å². The van der Waals surface area contributed by atoms with Gasteiger partial charge >= 0.3 is 0 Å². The molecule has 1 aromatic rings. The van der Waals surface area contributed by atoms with E-state index in [1.807, 2.05) is 24.4 Å². The highest BCUT2D eigenvalue weighted by molar-refractivity contribution is 7.10. The molecule has 0 radical (unpaired) electrons. The molecule has 0 N–H and O–H groups in total. The van der Waals surface area contributed by atoms with Crippen molar-refractivity contribution in [2.75, 3.05) is 0 Å². The lowest BCUT2D eigenvalue weighted by Gasteiger charge is -2.12. The summed E-state index contributed by atoms with van der Waals surface area (Å²) in [6.07, 6.45) is 0.608. The maximum absolute atomic E-state index is 11.7. The first-order valence-electron chi connectivity index (χ1n) is 4.66. The Bertz CT molecular complexity index is 262. The van der Waals surface area contributed by atoms with E-state index in [0.29, 0.717) is 18.1 Å². The van der Waals surface area contributed by atoms with Crippen molar-refractivity contribution in [2.24, 2.45) is 11.8 Å². The SMILES string of the molecule is CC(C)C(C)C(=O)Cc1cccs1. The molecule has 0 amide bonds. The molecular weight excluding hydrogens is 180 g/mol. The fourth-order valence-corrected chi connectivity index (χ4v) is 1.83. The monoisotopic (exact) mass is 196 g/mol. The molecule has 2 heteroatoms. The smallest absolute Gasteiger partial charge is 0.141 e. The van der Waals surface area contributed by atoms with Gasteiger partial charge in [0.05, 0.1) is 0 Å². The molecule has 72 valence electrons. The minimum absolute atomic E-state index is 0.182. The molecule has 1 atom stereocenters. The Morgan fingerprint density at radius 3 is 2.62 bits per heavy atom. The predicted molar refractivity (Wildman–Crippen MR) is 57.0 cm³/mol. The third-order valence-electron chi connectivity index (χ3n) is 2.44. The van der Waals surface area contributed by atoms with Crippen LogP contribution in [0.15, 0.2) is 17.5 Å². The fraction of sp³-hybridized carbons (Fsp3) is 0.545. The number of hydrogen-bond donors (Lipinski definition) is 0. The van der Waals surface area contributed by atoms with Gasteiger partial charge in [0.25, 0.3) is 0 Å². The second-order valence-corrected chi connectivity index (χ2v) is 4.79. The Morgan fingerprint density at radius 1 is 1.46 bits per heavy atom. The lowest BCUT2D eigenvalue weighted by molar-refractivity contribution is -0.122. The minimum atomic E-state index is 0.182. The fourth-order valence-electron chi connectivity index (χ4n) is 1.12. The number of rotatable bonds is 4. The molecule has 1 aromatic heterocycles. The van der Waals surface area contributed by atoms with Crippen LogP contribution in [0, 0.1) is 11.8 Å². The maximum atomic E-state index is 11.7. The average Bonchev–Trinajstić information content (AvgIpc) is 2.55. The zero-order chi connectivity index (χ0) is 9.84. The van der Waals surface area contributed by atoms with Gasteiger partial charge in [0.1, 0.15) is 5.78 Å². The van der Waals surface area contributed by atoms with Gasteiger partial charge in [-0.2, -0.15) is 0 Å². The standard InChI is InChI=1S/C11H16OS/c1-8(2)9(3)11(12)7-10-5-4-6-13-10/h4-6,8-9H,7H2,1-3H3. The summed E-state index contributed by atoms with van der Waals surface area (Å²) in [5.41, 5.74) is 0. The molecule has 0 saturated heterocycles. The molecule has 1 heterocycles. The zero-order valence-corrected chi connectivity index (χ0v) is 9.23. The molecule has 0 fully saturated rings. The minimum Gasteiger partial charge on any atom is -0.299 e. The third kappa shape index (κ3) is 2.96. The van der Waals surface area contributed by atoms with Gasteiger partial charge in [-0.25, -0.2) is 0 Å². The van der Waals surface area contributed by atoms with E-state index in [-0.39, 0.29) is 5.92 Å². The molecule has 0 aliphatic carbocycles. The van der Waals surface area contributed by atoms with Crippen molar-refractivity contribution >= 4 is 17.1 Å². The van der Waals surface area contributed by atoms with Crippen LogP contribution in [0.3, 0.4) is 0 Å². The van der Waals surface area contributed by atoms with Gasteiger partial charge in [0.2, 0.25) is 0 Å². The van der Waals surface area contributed by atoms with E-state index in [2.05, 4.69) is 13.8 Å². The number of carbonyl (C=O) groups is 1. The van der Waals surface area contributed by atoms with Crippen LogP contribution in [0.4, 0.5) is 0 Å². The van der Waals surface area contributed by atoms with Crippen molar-refractivity contribution in [2.45, 2.75) is 27.2 Å². The van der Waals surface area contributed by atoms with Crippen LogP contribution in [-0.4, -0.2) is 5.78 Å². The highest BCUT2D eigenvalue weighted by atomic mass is 32.1. The van der Waals surface area contributed by atoms with E-state index in [9.17, 15) is 4.79 Å². The van der Waals surface area contributed by atoms with E-state index >= 15 is 0 Å². The Hall–Kier alpha value is -0.630. The number of thiophene rings is 1. The van der Waals surface area contributed by atoms with Gasteiger partial charge in [-0.05, 0) is 17.4 Å². The molecule has 0 saturated carbocycles. The van der Waals surface area contributed by atoms with Crippen LogP contribution in [0.1, 0.15) is 25.6 Å². The van der Waals surface area contributed by atoms with Crippen LogP contribution < -0.4 is 0 Å². The predicted octanol–water partition coefficient (Wildman–Crippen LogP) is 3.15. The summed E-state index contributed by atoms with van der Waals surface area (Å²) in [6.45, 7) is 6.20. The molecule has 0 aromatic carbocycles. The molecule has 0 aliphatic heterocycles. The van der Waals surface area contributed by atoms with Gasteiger partial charge < -0.3 is 0 Å². The van der Waals surface area contributed by atoms with E-state index in [1.54, 1.807) is 11.3 Å². The van der Waals surface area contributed by atoms with Crippen molar-refractivity contribution in [1.82, 2.24) is 0 Å². The second-order valence-electron chi connectivity index (χ2n) is 3.76. The molecule has 0 bridgehead atoms. The number of hydrogen-bond acceptors (Lipinski definition) is 2. The van der Waals surface area contributed by atoms with Crippen LogP contribution in [0.2, 0.25) is 0 Å². The normalized spacial score (nSPS) is 13.2. The summed E-state index contributed by atoms with van der Waals surface area (Å²) < 4.78 is 0. The van der Waals surface area contributed by atoms with E-state index in [1.165, 1.54) is 4.88 Å². The van der Waals surface area contributed by atoms with Gasteiger partial charge in [-0.3, -0.25) is 4.79 Å². The van der Waals surface area contributed by atoms with Crippen molar-refractivity contribution in [3.8, 4) is 0 Å². The van der Waals surface area contributed by atoms with Crippen LogP contribution in [0.5, 0.6) is 0 Å². The molecular formula is C11H16OS. The molecule has 0 spiro atoms. The molecule has 1 nitrogen and oxygen atoms in total. The molecule has 1 rings (SSSR count). The second kappa shape index (κ2) is 4.56. The molecule has 1 unspecified atom stereocenters. The Morgan fingerprint density at radius 2 is 2.15 bits per heavy atom. The zero-order valence-electron chi connectivity index (χ0n) is 8.41.